The third-order valence-corrected chi connectivity index (χ3v) is 6.19. The molecule has 0 aromatic heterocycles. The molecule has 28 heavy (non-hydrogen) atoms. The monoisotopic (exact) mass is 408 g/mol. The van der Waals surface area contributed by atoms with Crippen LogP contribution in [0, 0.1) is 11.5 Å². The predicted molar refractivity (Wildman–Crippen MR) is 106 cm³/mol. The van der Waals surface area contributed by atoms with E-state index in [0.29, 0.717) is 31.6 Å². The van der Waals surface area contributed by atoms with E-state index >= 15 is 0 Å². The molecule has 1 saturated heterocycles. The number of likely N-dealkylation sites (tertiary alicyclic amines) is 1. The van der Waals surface area contributed by atoms with Gasteiger partial charge in [-0.2, -0.15) is 5.26 Å². The van der Waals surface area contributed by atoms with Gasteiger partial charge in [0.05, 0.1) is 7.11 Å². The first-order valence-electron chi connectivity index (χ1n) is 9.54. The number of benzene rings is 1. The molecule has 1 heterocycles. The van der Waals surface area contributed by atoms with Crippen molar-refractivity contribution in [3.63, 3.8) is 0 Å². The maximum absolute atomic E-state index is 12.8. The fourth-order valence-corrected chi connectivity index (χ4v) is 4.59. The zero-order valence-electron chi connectivity index (χ0n) is 16.4. The summed E-state index contributed by atoms with van der Waals surface area (Å²) in [6.07, 6.45) is 6.98. The summed E-state index contributed by atoms with van der Waals surface area (Å²) in [6.45, 7) is 2.97. The third-order valence-electron chi connectivity index (χ3n) is 4.65. The fourth-order valence-electron chi connectivity index (χ4n) is 3.13. The summed E-state index contributed by atoms with van der Waals surface area (Å²) in [5.74, 6) is 0.0570. The minimum absolute atomic E-state index is 0.0332. The Hall–Kier alpha value is -2.31. The molecule has 1 aromatic rings. The third kappa shape index (κ3) is 6.11. The highest BCUT2D eigenvalue weighted by Gasteiger charge is 2.29. The molecule has 1 unspecified atom stereocenters. The first-order valence-corrected chi connectivity index (χ1v) is 11.0. The molecular formula is C19H28N4O4S. The summed E-state index contributed by atoms with van der Waals surface area (Å²) < 4.78 is 33.5. The highest BCUT2D eigenvalue weighted by molar-refractivity contribution is 7.89. The summed E-state index contributed by atoms with van der Waals surface area (Å²) >= 11 is 0. The molecule has 1 amide bonds. The number of anilines is 1. The summed E-state index contributed by atoms with van der Waals surface area (Å²) in [7, 11) is -2.47. The molecule has 9 heteroatoms. The smallest absolute Gasteiger partial charge is 0.244 e. The normalized spacial score (nSPS) is 16.6. The van der Waals surface area contributed by atoms with E-state index < -0.39 is 10.0 Å². The lowest BCUT2D eigenvalue weighted by atomic mass is 10.1. The van der Waals surface area contributed by atoms with Crippen LogP contribution in [-0.4, -0.2) is 45.5 Å². The number of carbonyl (C=O) groups excluding carboxylic acids is 1. The quantitative estimate of drug-likeness (QED) is 0.454. The van der Waals surface area contributed by atoms with Gasteiger partial charge in [-0.15, -0.1) is 0 Å². The number of sulfonamides is 1. The van der Waals surface area contributed by atoms with E-state index in [9.17, 15) is 13.2 Å². The van der Waals surface area contributed by atoms with E-state index in [4.69, 9.17) is 10.00 Å². The van der Waals surface area contributed by atoms with Gasteiger partial charge in [0.15, 0.2) is 6.19 Å². The molecule has 0 aliphatic carbocycles. The average molecular weight is 409 g/mol. The topological polar surface area (TPSA) is 112 Å². The largest absolute Gasteiger partial charge is 0.495 e. The lowest BCUT2D eigenvalue weighted by molar-refractivity contribution is -0.116. The van der Waals surface area contributed by atoms with Crippen LogP contribution in [-0.2, 0) is 14.8 Å². The van der Waals surface area contributed by atoms with Crippen LogP contribution in [0.15, 0.2) is 23.1 Å². The van der Waals surface area contributed by atoms with Crippen molar-refractivity contribution in [2.24, 2.45) is 0 Å². The number of unbranched alkanes of at least 4 members (excludes halogenated alkanes) is 3. The van der Waals surface area contributed by atoms with E-state index in [-0.39, 0.29) is 22.6 Å². The lowest BCUT2D eigenvalue weighted by Crippen LogP contribution is -2.36. The zero-order chi connectivity index (χ0) is 20.6. The fraction of sp³-hybridized carbons (Fsp3) is 0.579. The van der Waals surface area contributed by atoms with Crippen molar-refractivity contribution in [3.8, 4) is 11.9 Å². The molecule has 1 fully saturated rings. The minimum atomic E-state index is -3.86. The van der Waals surface area contributed by atoms with Gasteiger partial charge in [-0.05, 0) is 31.0 Å². The number of ether oxygens (including phenoxy) is 1. The molecule has 0 radical (unpaired) electrons. The molecule has 8 nitrogen and oxygen atoms in total. The van der Waals surface area contributed by atoms with Gasteiger partial charge in [-0.25, -0.2) is 13.1 Å². The predicted octanol–water partition coefficient (Wildman–Crippen LogP) is 2.44. The maximum Gasteiger partial charge on any atom is 0.244 e. The van der Waals surface area contributed by atoms with E-state index in [0.717, 1.165) is 25.7 Å². The lowest BCUT2D eigenvalue weighted by Gasteiger charge is -2.16. The first kappa shape index (κ1) is 22.0. The minimum Gasteiger partial charge on any atom is -0.495 e. The number of methoxy groups -OCH3 is 1. The van der Waals surface area contributed by atoms with Crippen LogP contribution >= 0.6 is 0 Å². The van der Waals surface area contributed by atoms with E-state index in [1.165, 1.54) is 24.1 Å². The molecule has 154 valence electrons. The molecule has 0 bridgehead atoms. The zero-order valence-corrected chi connectivity index (χ0v) is 17.2. The standard InChI is InChI=1S/C19H28N4O4S/c1-3-4-5-6-7-19(24)21-15-8-9-17(27-2)18(12-15)28(25,26)22-16-10-11-23(13-16)14-20/h8-9,12,16,22H,3-7,10-11,13H2,1-2H3,(H,21,24). The Kier molecular flexibility index (Phi) is 8.08. The number of hydrogen-bond acceptors (Lipinski definition) is 6. The summed E-state index contributed by atoms with van der Waals surface area (Å²) in [5, 5.41) is 11.7. The number of amides is 1. The van der Waals surface area contributed by atoms with E-state index in [2.05, 4.69) is 17.0 Å². The Labute approximate surface area is 166 Å². The van der Waals surface area contributed by atoms with Crippen LogP contribution in [0.1, 0.15) is 45.4 Å². The van der Waals surface area contributed by atoms with Crippen LogP contribution in [0.5, 0.6) is 5.75 Å². The number of nitrogens with zero attached hydrogens (tertiary/aromatic N) is 2. The molecule has 0 spiro atoms. The second-order valence-corrected chi connectivity index (χ2v) is 8.56. The highest BCUT2D eigenvalue weighted by Crippen LogP contribution is 2.28. The average Bonchev–Trinajstić information content (AvgIpc) is 3.12. The van der Waals surface area contributed by atoms with Gasteiger partial charge >= 0.3 is 0 Å². The van der Waals surface area contributed by atoms with Gasteiger partial charge in [0, 0.05) is 31.2 Å². The molecule has 1 atom stereocenters. The number of nitrogens with one attached hydrogen (secondary N) is 2. The van der Waals surface area contributed by atoms with Crippen LogP contribution in [0.2, 0.25) is 0 Å². The van der Waals surface area contributed by atoms with Crippen molar-refractivity contribution in [2.45, 2.75) is 56.4 Å². The number of carbonyl (C=O) groups is 1. The van der Waals surface area contributed by atoms with Crippen molar-refractivity contribution in [1.29, 1.82) is 5.26 Å². The van der Waals surface area contributed by atoms with Crippen LogP contribution in [0.25, 0.3) is 0 Å². The van der Waals surface area contributed by atoms with E-state index in [1.54, 1.807) is 6.07 Å². The van der Waals surface area contributed by atoms with Gasteiger partial charge in [-0.1, -0.05) is 26.2 Å². The van der Waals surface area contributed by atoms with Gasteiger partial charge in [-0.3, -0.25) is 4.79 Å². The van der Waals surface area contributed by atoms with Crippen LogP contribution in [0.3, 0.4) is 0 Å². The molecule has 1 aliphatic heterocycles. The Morgan fingerprint density at radius 1 is 1.36 bits per heavy atom. The second-order valence-electron chi connectivity index (χ2n) is 6.88. The van der Waals surface area contributed by atoms with Gasteiger partial charge in [0.1, 0.15) is 10.6 Å². The Bertz CT molecular complexity index is 820. The van der Waals surface area contributed by atoms with Crippen molar-refractivity contribution >= 4 is 21.6 Å². The Morgan fingerprint density at radius 3 is 2.79 bits per heavy atom. The molecular weight excluding hydrogens is 380 g/mol. The first-order chi connectivity index (χ1) is 13.4. The molecule has 0 saturated carbocycles. The SMILES string of the molecule is CCCCCCC(=O)Nc1ccc(OC)c(S(=O)(=O)NC2CCN(C#N)C2)c1. The van der Waals surface area contributed by atoms with Crippen molar-refractivity contribution in [2.75, 3.05) is 25.5 Å². The molecule has 2 rings (SSSR count). The number of nitriles is 1. The number of hydrogen-bond donors (Lipinski definition) is 2. The molecule has 1 aromatic carbocycles. The highest BCUT2D eigenvalue weighted by atomic mass is 32.2. The van der Waals surface area contributed by atoms with Crippen molar-refractivity contribution in [1.82, 2.24) is 9.62 Å². The van der Waals surface area contributed by atoms with Crippen LogP contribution in [0.4, 0.5) is 5.69 Å². The number of rotatable bonds is 10. The maximum atomic E-state index is 12.8. The van der Waals surface area contributed by atoms with Crippen LogP contribution < -0.4 is 14.8 Å². The molecule has 1 aliphatic rings. The van der Waals surface area contributed by atoms with Crippen molar-refractivity contribution < 1.29 is 17.9 Å². The summed E-state index contributed by atoms with van der Waals surface area (Å²) in [4.78, 5) is 13.6. The van der Waals surface area contributed by atoms with Gasteiger partial charge in [0.25, 0.3) is 0 Å². The van der Waals surface area contributed by atoms with E-state index in [1.807, 2.05) is 6.19 Å². The second kappa shape index (κ2) is 10.3. The van der Waals surface area contributed by atoms with Crippen molar-refractivity contribution in [3.05, 3.63) is 18.2 Å². The Morgan fingerprint density at radius 2 is 2.14 bits per heavy atom. The summed E-state index contributed by atoms with van der Waals surface area (Å²) in [5.41, 5.74) is 0.409. The van der Waals surface area contributed by atoms with Gasteiger partial charge < -0.3 is 15.0 Å². The Balaban J connectivity index is 2.09. The molecule has 2 N–H and O–H groups in total. The van der Waals surface area contributed by atoms with Gasteiger partial charge in [0.2, 0.25) is 15.9 Å². The summed E-state index contributed by atoms with van der Waals surface area (Å²) in [6, 6.07) is 4.21.